The van der Waals surface area contributed by atoms with Crippen LogP contribution in [0.1, 0.15) is 22.3 Å². The third-order valence-electron chi connectivity index (χ3n) is 3.24. The van der Waals surface area contributed by atoms with Gasteiger partial charge in [-0.2, -0.15) is 0 Å². The standard InChI is InChI=1S/C18H20O3S/c1-14-10-15(2)12-17(11-14)8-9-22(19,20)13-16-4-6-18(21-3)7-5-16/h4-12H,13H2,1-3H3/b9-8+. The fraction of sp³-hybridized carbons (Fsp3) is 0.222. The lowest BCUT2D eigenvalue weighted by Crippen LogP contribution is -2.00. The third-order valence-corrected chi connectivity index (χ3v) is 4.53. The fourth-order valence-electron chi connectivity index (χ4n) is 2.29. The highest BCUT2D eigenvalue weighted by molar-refractivity contribution is 7.93. The molecule has 2 aromatic rings. The van der Waals surface area contributed by atoms with Crippen molar-refractivity contribution in [2.45, 2.75) is 19.6 Å². The van der Waals surface area contributed by atoms with Crippen LogP contribution in [0.2, 0.25) is 0 Å². The number of hydrogen-bond acceptors (Lipinski definition) is 3. The van der Waals surface area contributed by atoms with Crippen LogP contribution in [0, 0.1) is 13.8 Å². The van der Waals surface area contributed by atoms with Gasteiger partial charge < -0.3 is 4.74 Å². The third kappa shape index (κ3) is 4.74. The molecule has 0 saturated heterocycles. The summed E-state index contributed by atoms with van der Waals surface area (Å²) in [5, 5.41) is 1.28. The quantitative estimate of drug-likeness (QED) is 0.840. The smallest absolute Gasteiger partial charge is 0.175 e. The Hall–Kier alpha value is -2.07. The number of hydrogen-bond donors (Lipinski definition) is 0. The first-order valence-corrected chi connectivity index (χ1v) is 8.71. The van der Waals surface area contributed by atoms with Crippen LogP contribution in [-0.2, 0) is 15.6 Å². The lowest BCUT2D eigenvalue weighted by molar-refractivity contribution is 0.414. The SMILES string of the molecule is COc1ccc(CS(=O)(=O)/C=C/c2cc(C)cc(C)c2)cc1. The van der Waals surface area contributed by atoms with Crippen molar-refractivity contribution in [1.29, 1.82) is 0 Å². The molecule has 2 rings (SSSR count). The van der Waals surface area contributed by atoms with Gasteiger partial charge in [-0.15, -0.1) is 0 Å². The first-order chi connectivity index (χ1) is 10.4. The van der Waals surface area contributed by atoms with Gasteiger partial charge in [0.25, 0.3) is 0 Å². The molecule has 0 fully saturated rings. The van der Waals surface area contributed by atoms with Crippen LogP contribution in [0.3, 0.4) is 0 Å². The Morgan fingerprint density at radius 2 is 1.59 bits per heavy atom. The fourth-order valence-corrected chi connectivity index (χ4v) is 3.41. The van der Waals surface area contributed by atoms with Gasteiger partial charge in [-0.25, -0.2) is 8.42 Å². The zero-order chi connectivity index (χ0) is 16.2. The highest BCUT2D eigenvalue weighted by Gasteiger charge is 2.08. The maximum Gasteiger partial charge on any atom is 0.175 e. The summed E-state index contributed by atoms with van der Waals surface area (Å²) in [5.74, 6) is 0.699. The topological polar surface area (TPSA) is 43.4 Å². The maximum absolute atomic E-state index is 12.2. The Morgan fingerprint density at radius 3 is 2.14 bits per heavy atom. The average Bonchev–Trinajstić information content (AvgIpc) is 2.45. The van der Waals surface area contributed by atoms with Crippen LogP contribution < -0.4 is 4.74 Å². The van der Waals surface area contributed by atoms with Gasteiger partial charge in [0.15, 0.2) is 9.84 Å². The molecular formula is C18H20O3S. The molecule has 0 radical (unpaired) electrons. The summed E-state index contributed by atoms with van der Waals surface area (Å²) in [6.07, 6.45) is 1.65. The predicted octanol–water partition coefficient (Wildman–Crippen LogP) is 3.90. The molecule has 0 amide bonds. The van der Waals surface area contributed by atoms with Gasteiger partial charge >= 0.3 is 0 Å². The Labute approximate surface area is 132 Å². The second-order valence-electron chi connectivity index (χ2n) is 5.38. The van der Waals surface area contributed by atoms with Crippen molar-refractivity contribution in [1.82, 2.24) is 0 Å². The van der Waals surface area contributed by atoms with E-state index in [1.54, 1.807) is 37.5 Å². The van der Waals surface area contributed by atoms with E-state index in [0.717, 1.165) is 22.3 Å². The summed E-state index contributed by atoms with van der Waals surface area (Å²) < 4.78 is 29.4. The number of benzene rings is 2. The summed E-state index contributed by atoms with van der Waals surface area (Å²) in [4.78, 5) is 0. The van der Waals surface area contributed by atoms with Gasteiger partial charge in [0.05, 0.1) is 12.9 Å². The van der Waals surface area contributed by atoms with Crippen LogP contribution in [0.15, 0.2) is 47.9 Å². The van der Waals surface area contributed by atoms with Gasteiger partial charge in [0.2, 0.25) is 0 Å². The van der Waals surface area contributed by atoms with E-state index in [0.29, 0.717) is 5.75 Å². The lowest BCUT2D eigenvalue weighted by atomic mass is 10.1. The minimum atomic E-state index is -3.30. The molecular weight excluding hydrogens is 296 g/mol. The molecule has 3 nitrogen and oxygen atoms in total. The van der Waals surface area contributed by atoms with Crippen LogP contribution in [0.25, 0.3) is 6.08 Å². The Balaban J connectivity index is 2.14. The minimum Gasteiger partial charge on any atom is -0.497 e. The molecule has 0 aliphatic carbocycles. The van der Waals surface area contributed by atoms with Gasteiger partial charge in [-0.1, -0.05) is 41.5 Å². The van der Waals surface area contributed by atoms with E-state index < -0.39 is 9.84 Å². The number of sulfone groups is 1. The number of aryl methyl sites for hydroxylation is 2. The second kappa shape index (κ2) is 6.79. The molecule has 0 atom stereocenters. The van der Waals surface area contributed by atoms with Crippen LogP contribution in [-0.4, -0.2) is 15.5 Å². The van der Waals surface area contributed by atoms with E-state index in [4.69, 9.17) is 4.74 Å². The molecule has 116 valence electrons. The van der Waals surface area contributed by atoms with E-state index in [2.05, 4.69) is 6.07 Å². The van der Waals surface area contributed by atoms with Crippen molar-refractivity contribution >= 4 is 15.9 Å². The number of ether oxygens (including phenoxy) is 1. The molecule has 0 aliphatic heterocycles. The van der Waals surface area contributed by atoms with E-state index >= 15 is 0 Å². The van der Waals surface area contributed by atoms with Crippen molar-refractivity contribution < 1.29 is 13.2 Å². The molecule has 0 saturated carbocycles. The molecule has 0 heterocycles. The van der Waals surface area contributed by atoms with Crippen LogP contribution in [0.5, 0.6) is 5.75 Å². The average molecular weight is 316 g/mol. The van der Waals surface area contributed by atoms with Gasteiger partial charge in [-0.3, -0.25) is 0 Å². The zero-order valence-electron chi connectivity index (χ0n) is 13.0. The van der Waals surface area contributed by atoms with Crippen molar-refractivity contribution in [2.75, 3.05) is 7.11 Å². The normalized spacial score (nSPS) is 11.8. The molecule has 22 heavy (non-hydrogen) atoms. The van der Waals surface area contributed by atoms with Gasteiger partial charge in [0, 0.05) is 5.41 Å². The van der Waals surface area contributed by atoms with E-state index in [1.165, 1.54) is 5.41 Å². The largest absolute Gasteiger partial charge is 0.497 e. The molecule has 0 aromatic heterocycles. The monoisotopic (exact) mass is 316 g/mol. The summed E-state index contributed by atoms with van der Waals surface area (Å²) in [6.45, 7) is 3.99. The first-order valence-electron chi connectivity index (χ1n) is 7.00. The molecule has 0 aliphatic rings. The van der Waals surface area contributed by atoms with E-state index in [9.17, 15) is 8.42 Å². The Kier molecular flexibility index (Phi) is 5.03. The minimum absolute atomic E-state index is 0.0156. The van der Waals surface area contributed by atoms with Gasteiger partial charge in [-0.05, 0) is 43.2 Å². The lowest BCUT2D eigenvalue weighted by Gasteiger charge is -2.03. The number of methoxy groups -OCH3 is 1. The van der Waals surface area contributed by atoms with Crippen molar-refractivity contribution in [3.8, 4) is 5.75 Å². The Morgan fingerprint density at radius 1 is 1.00 bits per heavy atom. The predicted molar refractivity (Wildman–Crippen MR) is 90.6 cm³/mol. The molecule has 0 unspecified atom stereocenters. The molecule has 4 heteroatoms. The van der Waals surface area contributed by atoms with Crippen molar-refractivity contribution in [2.24, 2.45) is 0 Å². The van der Waals surface area contributed by atoms with Crippen LogP contribution in [0.4, 0.5) is 0 Å². The summed E-state index contributed by atoms with van der Waals surface area (Å²) in [6, 6.07) is 13.0. The summed E-state index contributed by atoms with van der Waals surface area (Å²) in [7, 11) is -1.72. The molecule has 0 spiro atoms. The maximum atomic E-state index is 12.2. The summed E-state index contributed by atoms with van der Waals surface area (Å²) in [5.41, 5.74) is 3.88. The first kappa shape index (κ1) is 16.3. The van der Waals surface area contributed by atoms with E-state index in [1.807, 2.05) is 26.0 Å². The Bertz CT molecular complexity index is 752. The van der Waals surface area contributed by atoms with Crippen LogP contribution >= 0.6 is 0 Å². The summed E-state index contributed by atoms with van der Waals surface area (Å²) >= 11 is 0. The molecule has 2 aromatic carbocycles. The number of rotatable bonds is 5. The van der Waals surface area contributed by atoms with Crippen molar-refractivity contribution in [3.05, 3.63) is 70.1 Å². The molecule has 0 N–H and O–H groups in total. The highest BCUT2D eigenvalue weighted by atomic mass is 32.2. The van der Waals surface area contributed by atoms with Crippen molar-refractivity contribution in [3.63, 3.8) is 0 Å². The highest BCUT2D eigenvalue weighted by Crippen LogP contribution is 2.16. The molecule has 0 bridgehead atoms. The second-order valence-corrected chi connectivity index (χ2v) is 7.27. The van der Waals surface area contributed by atoms with Gasteiger partial charge in [0.1, 0.15) is 5.75 Å². The van der Waals surface area contributed by atoms with E-state index in [-0.39, 0.29) is 5.75 Å². The zero-order valence-corrected chi connectivity index (χ0v) is 13.9.